The van der Waals surface area contributed by atoms with Crippen LogP contribution in [0.2, 0.25) is 5.02 Å². The third-order valence-corrected chi connectivity index (χ3v) is 7.32. The fraction of sp³-hybridized carbons (Fsp3) is 0.156. The molecule has 2 aromatic rings. The van der Waals surface area contributed by atoms with Gasteiger partial charge in [-0.1, -0.05) is 30.3 Å². The monoisotopic (exact) mass is 654 g/mol. The van der Waals surface area contributed by atoms with Gasteiger partial charge in [0, 0.05) is 35.6 Å². The van der Waals surface area contributed by atoms with E-state index in [1.807, 2.05) is 47.2 Å². The van der Waals surface area contributed by atoms with E-state index < -0.39 is 0 Å². The normalized spacial score (nSPS) is 14.6. The first-order chi connectivity index (χ1) is 19.1. The van der Waals surface area contributed by atoms with Gasteiger partial charge in [0.15, 0.2) is 0 Å². The first kappa shape index (κ1) is 31.0. The number of ketones is 1. The van der Waals surface area contributed by atoms with Crippen LogP contribution in [0.25, 0.3) is 5.57 Å². The molecule has 1 aliphatic heterocycles. The fourth-order valence-corrected chi connectivity index (χ4v) is 4.86. The summed E-state index contributed by atoms with van der Waals surface area (Å²) in [6.45, 7) is 10.2. The number of halogens is 1. The zero-order valence-corrected chi connectivity index (χ0v) is 27.1. The van der Waals surface area contributed by atoms with Gasteiger partial charge in [-0.15, -0.1) is 0 Å². The predicted molar refractivity (Wildman–Crippen MR) is 170 cm³/mol. The quantitative estimate of drug-likeness (QED) is 0.0994. The molecule has 3 rings (SSSR count). The standard InChI is InChI=1S/C32H32ClN4O2.In/c1-7-8-23(34)15-20(3)32(38)26-12-10-22(17-29(26)39-6)9-11-24-16-19(2)31(37-24)21(4)25-13-14-28(35)27(18-36-5)30(25)33;/h1,7-8,10-14,16-18H,3-4,9,15,34-35H2,2,5-6H3;/b7-1?,23-8-,24-11+,36-18?;. The van der Waals surface area contributed by atoms with Gasteiger partial charge in [-0.05, 0) is 24.6 Å². The molecule has 1 aliphatic rings. The van der Waals surface area contributed by atoms with Gasteiger partial charge >= 0.3 is 134 Å². The number of allylic oxidation sites excluding steroid dienone is 7. The Labute approximate surface area is 255 Å². The van der Waals surface area contributed by atoms with Crippen molar-refractivity contribution in [2.45, 2.75) is 19.8 Å². The second kappa shape index (κ2) is 14.2. The molecule has 40 heavy (non-hydrogen) atoms. The van der Waals surface area contributed by atoms with Gasteiger partial charge in [0.1, 0.15) is 0 Å². The maximum absolute atomic E-state index is 13.0. The van der Waals surface area contributed by atoms with Crippen LogP contribution in [0.5, 0.6) is 5.75 Å². The average Bonchev–Trinajstić information content (AvgIpc) is 3.32. The average molecular weight is 655 g/mol. The Balaban J connectivity index is 1.80. The Hall–Kier alpha value is -3.55. The number of benzene rings is 2. The molecule has 0 fully saturated rings. The molecule has 4 N–H and O–H groups in total. The number of nitrogens with zero attached hydrogens (tertiary/aromatic N) is 2. The third-order valence-electron chi connectivity index (χ3n) is 6.28. The SMILES string of the molecule is C=C(C/C(N)=C/C=[CH]\[In])C(=O)c1ccc(C/C=C2\C=C(C)C(C(=C)c3ccc(N)c(C=NC)c3Cl)=N2)cc1OC. The molecule has 0 saturated heterocycles. The molecule has 2 aromatic carbocycles. The number of aliphatic imine (C=N–C) groups is 2. The van der Waals surface area contributed by atoms with Crippen LogP contribution in [-0.4, -0.2) is 56.2 Å². The van der Waals surface area contributed by atoms with Gasteiger partial charge in [0.05, 0.1) is 16.4 Å². The van der Waals surface area contributed by atoms with E-state index in [1.165, 1.54) is 0 Å². The molecular formula is C32H32ClInN4O2. The molecular weight excluding hydrogens is 623 g/mol. The molecule has 0 bridgehead atoms. The molecule has 1 heterocycles. The van der Waals surface area contributed by atoms with Gasteiger partial charge < -0.3 is 5.73 Å². The number of carbonyl (C=O) groups excluding carboxylic acids is 1. The fourth-order valence-electron chi connectivity index (χ4n) is 4.21. The molecule has 0 atom stereocenters. The van der Waals surface area contributed by atoms with Crippen molar-refractivity contribution in [2.75, 3.05) is 19.9 Å². The molecule has 0 aliphatic carbocycles. The molecule has 0 spiro atoms. The van der Waals surface area contributed by atoms with E-state index in [9.17, 15) is 4.79 Å². The Morgan fingerprint density at radius 1 is 1.23 bits per heavy atom. The summed E-state index contributed by atoms with van der Waals surface area (Å²) in [5.74, 6) is 0.299. The second-order valence-corrected chi connectivity index (χ2v) is 10.7. The zero-order valence-electron chi connectivity index (χ0n) is 23.0. The summed E-state index contributed by atoms with van der Waals surface area (Å²) in [5.41, 5.74) is 19.7. The van der Waals surface area contributed by atoms with E-state index in [1.54, 1.807) is 38.6 Å². The summed E-state index contributed by atoms with van der Waals surface area (Å²) in [5, 5.41) is 0.492. The van der Waals surface area contributed by atoms with E-state index in [-0.39, 0.29) is 5.78 Å². The molecule has 8 heteroatoms. The molecule has 6 nitrogen and oxygen atoms in total. The van der Waals surface area contributed by atoms with Crippen LogP contribution < -0.4 is 16.2 Å². The number of carbonyl (C=O) groups is 1. The molecule has 0 amide bonds. The summed E-state index contributed by atoms with van der Waals surface area (Å²) in [4.78, 5) is 21.9. The van der Waals surface area contributed by atoms with Crippen LogP contribution in [0.1, 0.15) is 40.4 Å². The molecule has 0 saturated carbocycles. The van der Waals surface area contributed by atoms with Crippen molar-refractivity contribution in [1.82, 2.24) is 0 Å². The summed E-state index contributed by atoms with van der Waals surface area (Å²) in [7, 11) is 3.22. The van der Waals surface area contributed by atoms with Crippen molar-refractivity contribution in [3.63, 3.8) is 0 Å². The van der Waals surface area contributed by atoms with Crippen molar-refractivity contribution in [3.8, 4) is 5.75 Å². The van der Waals surface area contributed by atoms with Crippen LogP contribution in [0.4, 0.5) is 5.69 Å². The maximum atomic E-state index is 13.0. The number of anilines is 1. The number of Topliss-reactive ketones (excluding diaryl/α,β-unsaturated/α-hetero) is 1. The van der Waals surface area contributed by atoms with Gasteiger partial charge in [-0.25, -0.2) is 4.99 Å². The number of hydrogen-bond donors (Lipinski definition) is 2. The second-order valence-electron chi connectivity index (χ2n) is 9.19. The van der Waals surface area contributed by atoms with E-state index in [4.69, 9.17) is 32.8 Å². The Bertz CT molecular complexity index is 1540. The van der Waals surface area contributed by atoms with Crippen LogP contribution >= 0.6 is 11.6 Å². The first-order valence-corrected chi connectivity index (χ1v) is 14.8. The minimum absolute atomic E-state index is 0.191. The Morgan fingerprint density at radius 3 is 2.62 bits per heavy atom. The number of nitrogens with two attached hydrogens (primary N) is 2. The van der Waals surface area contributed by atoms with Crippen LogP contribution in [0, 0.1) is 0 Å². The molecule has 2 radical (unpaired) electrons. The Morgan fingerprint density at radius 2 is 1.95 bits per heavy atom. The van der Waals surface area contributed by atoms with E-state index in [2.05, 4.69) is 18.2 Å². The summed E-state index contributed by atoms with van der Waals surface area (Å²) >= 11 is 7.65. The van der Waals surface area contributed by atoms with Gasteiger partial charge in [-0.3, -0.25) is 4.99 Å². The van der Waals surface area contributed by atoms with E-state index in [0.717, 1.165) is 52.5 Å². The summed E-state index contributed by atoms with van der Waals surface area (Å²) in [6.07, 6.45) is 10.2. The summed E-state index contributed by atoms with van der Waals surface area (Å²) in [6, 6.07) is 9.18. The van der Waals surface area contributed by atoms with Crippen LogP contribution in [0.15, 0.2) is 104 Å². The van der Waals surface area contributed by atoms with E-state index >= 15 is 0 Å². The van der Waals surface area contributed by atoms with Crippen LogP contribution in [-0.2, 0) is 6.42 Å². The first-order valence-electron chi connectivity index (χ1n) is 12.5. The van der Waals surface area contributed by atoms with Gasteiger partial charge in [-0.2, -0.15) is 0 Å². The number of rotatable bonds is 11. The topological polar surface area (TPSA) is 103 Å². The van der Waals surface area contributed by atoms with E-state index in [0.29, 0.717) is 57.3 Å². The van der Waals surface area contributed by atoms with Crippen molar-refractivity contribution in [2.24, 2.45) is 15.7 Å². The van der Waals surface area contributed by atoms with Crippen molar-refractivity contribution in [1.29, 1.82) is 0 Å². The number of hydrogen-bond acceptors (Lipinski definition) is 6. The van der Waals surface area contributed by atoms with Crippen molar-refractivity contribution in [3.05, 3.63) is 121 Å². The van der Waals surface area contributed by atoms with Crippen LogP contribution in [0.3, 0.4) is 0 Å². The molecule has 0 aromatic heterocycles. The predicted octanol–water partition coefficient (Wildman–Crippen LogP) is 6.17. The number of nitrogen functional groups attached to an aromatic ring is 1. The minimum atomic E-state index is -0.191. The Kier molecular flexibility index (Phi) is 11.0. The van der Waals surface area contributed by atoms with Crippen molar-refractivity contribution < 1.29 is 9.53 Å². The number of methoxy groups -OCH3 is 1. The molecule has 0 unspecified atom stereocenters. The zero-order chi connectivity index (χ0) is 29.4. The molecule has 202 valence electrons. The van der Waals surface area contributed by atoms with Crippen molar-refractivity contribution >= 4 is 64.9 Å². The number of ether oxygens (including phenoxy) is 1. The summed E-state index contributed by atoms with van der Waals surface area (Å²) < 4.78 is 7.54. The third kappa shape index (κ3) is 7.34. The van der Waals surface area contributed by atoms with Gasteiger partial charge in [0.25, 0.3) is 0 Å². The van der Waals surface area contributed by atoms with Gasteiger partial charge in [0.2, 0.25) is 0 Å².